The molecule has 3 rings (SSSR count). The second kappa shape index (κ2) is 13.7. The number of Topliss-reactive ketones (excluding diaryl/α,β-unsaturated/α-hetero) is 1. The Morgan fingerprint density at radius 1 is 1.10 bits per heavy atom. The number of hydrogen-bond acceptors (Lipinski definition) is 9. The summed E-state index contributed by atoms with van der Waals surface area (Å²) in [6, 6.07) is 13.3. The van der Waals surface area contributed by atoms with Crippen molar-refractivity contribution in [3.8, 4) is 11.5 Å². The number of aliphatic hydroxyl groups is 1. The zero-order valence-corrected chi connectivity index (χ0v) is 24.2. The second-order valence-electron chi connectivity index (χ2n) is 9.27. The summed E-state index contributed by atoms with van der Waals surface area (Å²) in [4.78, 5) is 32.3. The van der Waals surface area contributed by atoms with Crippen molar-refractivity contribution in [2.45, 2.75) is 39.3 Å². The van der Waals surface area contributed by atoms with Crippen LogP contribution in [0.3, 0.4) is 0 Å². The summed E-state index contributed by atoms with van der Waals surface area (Å²) >= 11 is 1.19. The Morgan fingerprint density at radius 2 is 1.74 bits per heavy atom. The van der Waals surface area contributed by atoms with Crippen LogP contribution in [0.2, 0.25) is 0 Å². The minimum atomic E-state index is -3.77. The third-order valence-electron chi connectivity index (χ3n) is 6.03. The molecule has 0 aliphatic rings. The summed E-state index contributed by atoms with van der Waals surface area (Å²) in [5.74, 6) is -1.06. The molecule has 3 aromatic rings. The predicted molar refractivity (Wildman–Crippen MR) is 151 cm³/mol. The fourth-order valence-corrected chi connectivity index (χ4v) is 6.35. The van der Waals surface area contributed by atoms with Crippen molar-refractivity contribution >= 4 is 32.9 Å². The number of methoxy groups -OCH3 is 2. The van der Waals surface area contributed by atoms with Crippen LogP contribution in [-0.2, 0) is 22.8 Å². The van der Waals surface area contributed by atoms with Crippen molar-refractivity contribution in [3.05, 3.63) is 75.2 Å². The van der Waals surface area contributed by atoms with Crippen LogP contribution in [0.1, 0.15) is 50.3 Å². The Kier molecular flexibility index (Phi) is 10.6. The van der Waals surface area contributed by atoms with E-state index in [0.29, 0.717) is 35.0 Å². The summed E-state index contributed by atoms with van der Waals surface area (Å²) in [6.07, 6.45) is 0.404. The molecule has 0 fully saturated rings. The van der Waals surface area contributed by atoms with Gasteiger partial charge >= 0.3 is 0 Å². The maximum Gasteiger partial charge on any atom is 0.254 e. The smallest absolute Gasteiger partial charge is 0.254 e. The van der Waals surface area contributed by atoms with Crippen LogP contribution in [0.5, 0.6) is 11.5 Å². The largest absolute Gasteiger partial charge is 0.496 e. The molecule has 1 heterocycles. The Hall–Kier alpha value is -3.28. The number of amides is 1. The number of carbonyl (C=O) groups is 2. The maximum atomic E-state index is 13.7. The molecule has 2 aromatic carbocycles. The molecule has 0 saturated heterocycles. The first-order chi connectivity index (χ1) is 18.5. The molecular formula is C28H34N2O7S2. The molecular weight excluding hydrogens is 540 g/mol. The number of hydrogen-bond donors (Lipinski definition) is 1. The average Bonchev–Trinajstić information content (AvgIpc) is 3.36. The number of aryl methyl sites for hydroxylation is 1. The van der Waals surface area contributed by atoms with E-state index in [1.807, 2.05) is 37.3 Å². The Morgan fingerprint density at radius 3 is 2.33 bits per heavy atom. The van der Waals surface area contributed by atoms with Crippen LogP contribution >= 0.6 is 11.3 Å². The number of nitrogens with zero attached hydrogens (tertiary/aromatic N) is 2. The molecule has 1 unspecified atom stereocenters. The normalized spacial score (nSPS) is 12.1. The topological polar surface area (TPSA) is 123 Å². The van der Waals surface area contributed by atoms with Gasteiger partial charge in [-0.3, -0.25) is 9.59 Å². The highest BCUT2D eigenvalue weighted by molar-refractivity contribution is 7.92. The van der Waals surface area contributed by atoms with Gasteiger partial charge in [0.15, 0.2) is 15.6 Å². The van der Waals surface area contributed by atoms with Crippen LogP contribution in [0.4, 0.5) is 0 Å². The Labute approximate surface area is 233 Å². The van der Waals surface area contributed by atoms with Gasteiger partial charge in [-0.15, -0.1) is 11.3 Å². The summed E-state index contributed by atoms with van der Waals surface area (Å²) < 4.78 is 35.2. The Balaban J connectivity index is 1.82. The summed E-state index contributed by atoms with van der Waals surface area (Å²) in [5.41, 5.74) is 2.36. The first-order valence-corrected chi connectivity index (χ1v) is 15.1. The zero-order valence-electron chi connectivity index (χ0n) is 22.5. The number of ether oxygens (including phenoxy) is 2. The third kappa shape index (κ3) is 8.61. The molecule has 1 amide bonds. The van der Waals surface area contributed by atoms with Crippen molar-refractivity contribution in [2.24, 2.45) is 0 Å². The van der Waals surface area contributed by atoms with E-state index in [2.05, 4.69) is 4.98 Å². The molecule has 9 nitrogen and oxygen atoms in total. The summed E-state index contributed by atoms with van der Waals surface area (Å²) in [7, 11) is -0.708. The fourth-order valence-electron chi connectivity index (χ4n) is 4.14. The van der Waals surface area contributed by atoms with Crippen molar-refractivity contribution in [1.29, 1.82) is 0 Å². The van der Waals surface area contributed by atoms with Crippen LogP contribution in [0, 0.1) is 6.92 Å². The SMILES string of the molecule is COc1cc(C(=O)N(CCCc2ccccc2)Cc2nc(C(=O)CS(=O)(=O)CC(C)O)cs2)cc(OC)c1C. The molecule has 0 aliphatic heterocycles. The van der Waals surface area contributed by atoms with Gasteiger partial charge in [-0.25, -0.2) is 13.4 Å². The molecule has 0 aliphatic carbocycles. The lowest BCUT2D eigenvalue weighted by Crippen LogP contribution is -2.32. The van der Waals surface area contributed by atoms with Gasteiger partial charge in [-0.2, -0.15) is 0 Å². The van der Waals surface area contributed by atoms with Crippen LogP contribution in [-0.4, -0.2) is 73.5 Å². The quantitative estimate of drug-likeness (QED) is 0.289. The van der Waals surface area contributed by atoms with Gasteiger partial charge in [0.2, 0.25) is 0 Å². The molecule has 1 atom stereocenters. The number of rotatable bonds is 14. The lowest BCUT2D eigenvalue weighted by atomic mass is 10.1. The van der Waals surface area contributed by atoms with Gasteiger partial charge in [0, 0.05) is 23.1 Å². The van der Waals surface area contributed by atoms with E-state index in [4.69, 9.17) is 9.47 Å². The monoisotopic (exact) mass is 574 g/mol. The average molecular weight is 575 g/mol. The van der Waals surface area contributed by atoms with Crippen LogP contribution in [0.25, 0.3) is 0 Å². The number of sulfone groups is 1. The second-order valence-corrected chi connectivity index (χ2v) is 12.3. The number of benzene rings is 2. The number of thiazole rings is 1. The minimum Gasteiger partial charge on any atom is -0.496 e. The highest BCUT2D eigenvalue weighted by Gasteiger charge is 2.24. The zero-order chi connectivity index (χ0) is 28.6. The molecule has 1 aromatic heterocycles. The lowest BCUT2D eigenvalue weighted by Gasteiger charge is -2.23. The van der Waals surface area contributed by atoms with E-state index in [-0.39, 0.29) is 18.1 Å². The van der Waals surface area contributed by atoms with Gasteiger partial charge in [0.05, 0.1) is 32.6 Å². The molecule has 210 valence electrons. The van der Waals surface area contributed by atoms with Gasteiger partial charge in [-0.05, 0) is 44.4 Å². The minimum absolute atomic E-state index is 0.0273. The number of ketones is 1. The summed E-state index contributed by atoms with van der Waals surface area (Å²) in [6.45, 7) is 3.77. The molecule has 0 bridgehead atoms. The number of aromatic nitrogens is 1. The van der Waals surface area contributed by atoms with Crippen LogP contribution < -0.4 is 9.47 Å². The molecule has 39 heavy (non-hydrogen) atoms. The predicted octanol–water partition coefficient (Wildman–Crippen LogP) is 3.72. The standard InChI is InChI=1S/C28H34N2O7S2/c1-19(31)17-39(34,35)18-24(32)23-16-38-27(29-23)15-30(12-8-11-21-9-6-5-7-10-21)28(33)22-13-25(36-3)20(2)26(14-22)37-4/h5-7,9-10,13-14,16,19,31H,8,11-12,15,17-18H2,1-4H3. The molecule has 11 heteroatoms. The molecule has 0 saturated carbocycles. The Bertz CT molecular complexity index is 1360. The first-order valence-electron chi connectivity index (χ1n) is 12.4. The van der Waals surface area contributed by atoms with Gasteiger partial charge < -0.3 is 19.5 Å². The van der Waals surface area contributed by atoms with E-state index in [1.54, 1.807) is 17.0 Å². The first kappa shape index (κ1) is 30.3. The van der Waals surface area contributed by atoms with Crippen molar-refractivity contribution in [2.75, 3.05) is 32.3 Å². The van der Waals surface area contributed by atoms with E-state index >= 15 is 0 Å². The van der Waals surface area contributed by atoms with Crippen molar-refractivity contribution in [3.63, 3.8) is 0 Å². The van der Waals surface area contributed by atoms with Gasteiger partial charge in [0.25, 0.3) is 5.91 Å². The number of aliphatic hydroxyl groups excluding tert-OH is 1. The highest BCUT2D eigenvalue weighted by atomic mass is 32.2. The van der Waals surface area contributed by atoms with Gasteiger partial charge in [0.1, 0.15) is 28.0 Å². The van der Waals surface area contributed by atoms with Crippen LogP contribution in [0.15, 0.2) is 47.8 Å². The van der Waals surface area contributed by atoms with E-state index in [0.717, 1.165) is 17.5 Å². The van der Waals surface area contributed by atoms with E-state index < -0.39 is 33.2 Å². The van der Waals surface area contributed by atoms with Crippen molar-refractivity contribution < 1.29 is 32.6 Å². The van der Waals surface area contributed by atoms with E-state index in [1.165, 1.54) is 37.9 Å². The van der Waals surface area contributed by atoms with Crippen molar-refractivity contribution in [1.82, 2.24) is 9.88 Å². The molecule has 0 radical (unpaired) electrons. The van der Waals surface area contributed by atoms with E-state index in [9.17, 15) is 23.1 Å². The molecule has 1 N–H and O–H groups in total. The van der Waals surface area contributed by atoms with Gasteiger partial charge in [-0.1, -0.05) is 30.3 Å². The lowest BCUT2D eigenvalue weighted by molar-refractivity contribution is 0.0740. The summed E-state index contributed by atoms with van der Waals surface area (Å²) in [5, 5.41) is 11.4. The highest BCUT2D eigenvalue weighted by Crippen LogP contribution is 2.30. The molecule has 0 spiro atoms. The third-order valence-corrected chi connectivity index (χ3v) is 8.56. The number of carbonyl (C=O) groups excluding carboxylic acids is 2. The maximum absolute atomic E-state index is 13.7. The fraction of sp³-hybridized carbons (Fsp3) is 0.393.